The first kappa shape index (κ1) is 20.4. The smallest absolute Gasteiger partial charge is 0.340 e. The van der Waals surface area contributed by atoms with E-state index in [1.54, 1.807) is 18.2 Å². The molecule has 0 saturated heterocycles. The van der Waals surface area contributed by atoms with Crippen molar-refractivity contribution in [3.8, 4) is 5.75 Å². The number of rotatable bonds is 6. The van der Waals surface area contributed by atoms with Crippen LogP contribution in [0.4, 0.5) is 5.00 Å². The summed E-state index contributed by atoms with van der Waals surface area (Å²) in [5.74, 6) is -0.151. The minimum Gasteiger partial charge on any atom is -0.487 e. The van der Waals surface area contributed by atoms with Crippen molar-refractivity contribution in [2.24, 2.45) is 0 Å². The van der Waals surface area contributed by atoms with Gasteiger partial charge in [0.25, 0.3) is 5.91 Å². The minimum atomic E-state index is -0.477. The van der Waals surface area contributed by atoms with Crippen LogP contribution in [0.3, 0.4) is 0 Å². The average Bonchev–Trinajstić information content (AvgIpc) is 3.28. The molecule has 0 atom stereocenters. The van der Waals surface area contributed by atoms with Crippen LogP contribution in [0.25, 0.3) is 0 Å². The molecule has 0 unspecified atom stereocenters. The van der Waals surface area contributed by atoms with Crippen LogP contribution in [0.5, 0.6) is 5.75 Å². The molecule has 146 valence electrons. The van der Waals surface area contributed by atoms with Crippen LogP contribution >= 0.6 is 34.3 Å². The highest BCUT2D eigenvalue weighted by molar-refractivity contribution is 7.17. The van der Waals surface area contributed by atoms with Gasteiger partial charge in [-0.2, -0.15) is 0 Å². The Morgan fingerprint density at radius 1 is 1.18 bits per heavy atom. The number of thiophene rings is 2. The summed E-state index contributed by atoms with van der Waals surface area (Å²) in [4.78, 5) is 25.8. The topological polar surface area (TPSA) is 64.6 Å². The van der Waals surface area contributed by atoms with Gasteiger partial charge < -0.3 is 14.8 Å². The lowest BCUT2D eigenvalue weighted by atomic mass is 10.2. The van der Waals surface area contributed by atoms with Gasteiger partial charge in [0.1, 0.15) is 17.4 Å². The van der Waals surface area contributed by atoms with Crippen LogP contribution in [0.2, 0.25) is 5.02 Å². The maximum Gasteiger partial charge on any atom is 0.340 e. The molecule has 28 heavy (non-hydrogen) atoms. The predicted molar refractivity (Wildman–Crippen MR) is 113 cm³/mol. The predicted octanol–water partition coefficient (Wildman–Crippen LogP) is 5.70. The summed E-state index contributed by atoms with van der Waals surface area (Å²) in [5, 5.41) is 5.68. The lowest BCUT2D eigenvalue weighted by Crippen LogP contribution is -2.12. The van der Waals surface area contributed by atoms with Crippen LogP contribution in [-0.4, -0.2) is 19.0 Å². The Kier molecular flexibility index (Phi) is 6.39. The van der Waals surface area contributed by atoms with Crippen molar-refractivity contribution >= 4 is 51.2 Å². The van der Waals surface area contributed by atoms with E-state index < -0.39 is 5.97 Å². The molecule has 0 saturated carbocycles. The van der Waals surface area contributed by atoms with E-state index in [4.69, 9.17) is 21.1 Å². The van der Waals surface area contributed by atoms with Crippen molar-refractivity contribution in [1.82, 2.24) is 0 Å². The quantitative estimate of drug-likeness (QED) is 0.504. The number of anilines is 1. The maximum atomic E-state index is 12.6. The normalized spacial score (nSPS) is 10.6. The Morgan fingerprint density at radius 2 is 1.96 bits per heavy atom. The average molecular weight is 436 g/mol. The summed E-state index contributed by atoms with van der Waals surface area (Å²) >= 11 is 8.78. The molecule has 0 spiro atoms. The van der Waals surface area contributed by atoms with Crippen molar-refractivity contribution in [2.45, 2.75) is 20.5 Å². The fraction of sp³-hybridized carbons (Fsp3) is 0.200. The number of esters is 1. The molecule has 0 radical (unpaired) electrons. The Balaban J connectivity index is 1.68. The van der Waals surface area contributed by atoms with Gasteiger partial charge >= 0.3 is 5.97 Å². The van der Waals surface area contributed by atoms with Crippen LogP contribution in [-0.2, 0) is 11.3 Å². The second kappa shape index (κ2) is 8.77. The monoisotopic (exact) mass is 435 g/mol. The van der Waals surface area contributed by atoms with Crippen molar-refractivity contribution in [3.05, 3.63) is 67.2 Å². The zero-order chi connectivity index (χ0) is 20.3. The summed E-state index contributed by atoms with van der Waals surface area (Å²) in [6, 6.07) is 9.04. The highest BCUT2D eigenvalue weighted by Crippen LogP contribution is 2.30. The number of hydrogen-bond donors (Lipinski definition) is 1. The number of hydrogen-bond acceptors (Lipinski definition) is 6. The molecule has 8 heteroatoms. The molecule has 3 aromatic rings. The highest BCUT2D eigenvalue weighted by atomic mass is 35.5. The first-order valence-corrected chi connectivity index (χ1v) is 10.4. The van der Waals surface area contributed by atoms with E-state index in [2.05, 4.69) is 5.32 Å². The number of aryl methyl sites for hydroxylation is 2. The van der Waals surface area contributed by atoms with Crippen molar-refractivity contribution < 1.29 is 19.1 Å². The van der Waals surface area contributed by atoms with Gasteiger partial charge in [-0.25, -0.2) is 4.79 Å². The second-order valence-electron chi connectivity index (χ2n) is 6.09. The van der Waals surface area contributed by atoms with Crippen LogP contribution < -0.4 is 10.1 Å². The number of carbonyl (C=O) groups is 2. The molecular formula is C20H18ClNO4S2. The molecule has 0 aliphatic heterocycles. The van der Waals surface area contributed by atoms with E-state index in [1.165, 1.54) is 29.8 Å². The van der Waals surface area contributed by atoms with Crippen LogP contribution in [0.1, 0.15) is 36.0 Å². The fourth-order valence-corrected chi connectivity index (χ4v) is 4.34. The standard InChI is InChI=1S/C20H18ClNO4S2/c1-11-4-5-15(21)16(6-11)26-9-13-8-17(27-10-13)18(23)22-19-14(20(24)25-3)7-12(2)28-19/h4-8,10H,9H2,1-3H3,(H,22,23). The first-order valence-electron chi connectivity index (χ1n) is 8.34. The fourth-order valence-electron chi connectivity index (χ4n) is 2.49. The summed E-state index contributed by atoms with van der Waals surface area (Å²) < 4.78 is 10.5. The molecule has 0 aliphatic rings. The van der Waals surface area contributed by atoms with E-state index >= 15 is 0 Å². The van der Waals surface area contributed by atoms with Crippen molar-refractivity contribution in [2.75, 3.05) is 12.4 Å². The van der Waals surface area contributed by atoms with Gasteiger partial charge in [-0.3, -0.25) is 4.79 Å². The van der Waals surface area contributed by atoms with Gasteiger partial charge in [-0.1, -0.05) is 17.7 Å². The summed E-state index contributed by atoms with van der Waals surface area (Å²) in [6.45, 7) is 4.13. The molecule has 3 rings (SSSR count). The zero-order valence-electron chi connectivity index (χ0n) is 15.5. The van der Waals surface area contributed by atoms with E-state index in [9.17, 15) is 9.59 Å². The van der Waals surface area contributed by atoms with E-state index in [0.29, 0.717) is 32.8 Å². The van der Waals surface area contributed by atoms with Gasteiger partial charge in [0.2, 0.25) is 0 Å². The third-order valence-corrected chi connectivity index (χ3v) is 6.10. The van der Waals surface area contributed by atoms with Crippen LogP contribution in [0.15, 0.2) is 35.7 Å². The maximum absolute atomic E-state index is 12.6. The molecule has 1 N–H and O–H groups in total. The number of nitrogens with one attached hydrogen (secondary N) is 1. The number of amides is 1. The lowest BCUT2D eigenvalue weighted by Gasteiger charge is -2.07. The zero-order valence-corrected chi connectivity index (χ0v) is 17.9. The van der Waals surface area contributed by atoms with Crippen LogP contribution in [0, 0.1) is 13.8 Å². The number of carbonyl (C=O) groups excluding carboxylic acids is 2. The summed E-state index contributed by atoms with van der Waals surface area (Å²) in [7, 11) is 1.31. The first-order chi connectivity index (χ1) is 13.4. The van der Waals surface area contributed by atoms with Gasteiger partial charge in [0.05, 0.1) is 22.6 Å². The molecule has 0 fully saturated rings. The Morgan fingerprint density at radius 3 is 2.71 bits per heavy atom. The van der Waals surface area contributed by atoms with E-state index in [-0.39, 0.29) is 5.91 Å². The minimum absolute atomic E-state index is 0.281. The Hall–Kier alpha value is -2.35. The molecular weight excluding hydrogens is 418 g/mol. The molecule has 1 aromatic carbocycles. The SMILES string of the molecule is COC(=O)c1cc(C)sc1NC(=O)c1cc(COc2cc(C)ccc2Cl)cs1. The molecule has 1 amide bonds. The lowest BCUT2D eigenvalue weighted by molar-refractivity contribution is 0.0602. The largest absolute Gasteiger partial charge is 0.487 e. The van der Waals surface area contributed by atoms with E-state index in [0.717, 1.165) is 16.0 Å². The van der Waals surface area contributed by atoms with Gasteiger partial charge in [-0.15, -0.1) is 22.7 Å². The number of methoxy groups -OCH3 is 1. The number of ether oxygens (including phenoxy) is 2. The number of halogens is 1. The molecule has 5 nitrogen and oxygen atoms in total. The third kappa shape index (κ3) is 4.73. The number of benzene rings is 1. The Labute approximate surface area is 175 Å². The molecule has 0 aliphatic carbocycles. The van der Waals surface area contributed by atoms with E-state index in [1.807, 2.05) is 31.4 Å². The van der Waals surface area contributed by atoms with Gasteiger partial charge in [-0.05, 0) is 49.1 Å². The summed E-state index contributed by atoms with van der Waals surface area (Å²) in [6.07, 6.45) is 0. The van der Waals surface area contributed by atoms with Gasteiger partial charge in [0, 0.05) is 10.4 Å². The van der Waals surface area contributed by atoms with Crippen molar-refractivity contribution in [1.29, 1.82) is 0 Å². The van der Waals surface area contributed by atoms with Gasteiger partial charge in [0.15, 0.2) is 0 Å². The second-order valence-corrected chi connectivity index (χ2v) is 8.66. The molecule has 2 heterocycles. The Bertz CT molecular complexity index is 1030. The van der Waals surface area contributed by atoms with Crippen molar-refractivity contribution in [3.63, 3.8) is 0 Å². The molecule has 0 bridgehead atoms. The third-order valence-electron chi connectivity index (χ3n) is 3.85. The summed E-state index contributed by atoms with van der Waals surface area (Å²) in [5.41, 5.74) is 2.27. The highest BCUT2D eigenvalue weighted by Gasteiger charge is 2.19. The molecule has 2 aromatic heterocycles.